The van der Waals surface area contributed by atoms with Crippen molar-refractivity contribution in [3.8, 4) is 0 Å². The molecule has 116 valence electrons. The molecule has 2 aromatic rings. The third kappa shape index (κ3) is 2.61. The van der Waals surface area contributed by atoms with Crippen molar-refractivity contribution in [2.45, 2.75) is 20.3 Å². The molecule has 1 N–H and O–H groups in total. The van der Waals surface area contributed by atoms with Gasteiger partial charge in [0, 0.05) is 28.6 Å². The molecule has 1 saturated heterocycles. The van der Waals surface area contributed by atoms with E-state index in [1.807, 2.05) is 31.4 Å². The topological polar surface area (TPSA) is 57.6 Å². The first-order valence-corrected chi connectivity index (χ1v) is 8.35. The number of hydrogen-bond donors (Lipinski definition) is 1. The molecule has 0 spiro atoms. The lowest BCUT2D eigenvalue weighted by molar-refractivity contribution is -0.145. The second-order valence-electron chi connectivity index (χ2n) is 6.11. The van der Waals surface area contributed by atoms with E-state index in [0.29, 0.717) is 19.5 Å². The van der Waals surface area contributed by atoms with Gasteiger partial charge in [-0.2, -0.15) is 0 Å². The summed E-state index contributed by atoms with van der Waals surface area (Å²) in [5.41, 5.74) is 1.92. The Kier molecular flexibility index (Phi) is 3.91. The molecule has 0 saturated carbocycles. The largest absolute Gasteiger partial charge is 0.481 e. The third-order valence-corrected chi connectivity index (χ3v) is 5.42. The number of amides is 1. The molecule has 2 atom stereocenters. The molecule has 22 heavy (non-hydrogen) atoms. The van der Waals surface area contributed by atoms with Gasteiger partial charge in [0.1, 0.15) is 0 Å². The first-order chi connectivity index (χ1) is 10.5. The monoisotopic (exact) mass is 317 g/mol. The Balaban J connectivity index is 1.83. The van der Waals surface area contributed by atoms with E-state index in [4.69, 9.17) is 0 Å². The minimum atomic E-state index is -0.754. The number of rotatable bonds is 2. The summed E-state index contributed by atoms with van der Waals surface area (Å²) in [6.07, 6.45) is 0.531. The molecular formula is C17H19NO3S. The fraction of sp³-hybridized carbons (Fsp3) is 0.412. The number of hydrogen-bond acceptors (Lipinski definition) is 3. The summed E-state index contributed by atoms with van der Waals surface area (Å²) >= 11 is 1.59. The second-order valence-corrected chi connectivity index (χ2v) is 7.02. The van der Waals surface area contributed by atoms with E-state index in [1.54, 1.807) is 16.2 Å². The van der Waals surface area contributed by atoms with Crippen LogP contribution in [0.3, 0.4) is 0 Å². The average Bonchev–Trinajstić information content (AvgIpc) is 2.88. The number of carboxylic acid groups (broad SMARTS) is 1. The highest BCUT2D eigenvalue weighted by molar-refractivity contribution is 7.17. The van der Waals surface area contributed by atoms with Gasteiger partial charge in [0.15, 0.2) is 0 Å². The van der Waals surface area contributed by atoms with Crippen molar-refractivity contribution in [3.05, 3.63) is 34.7 Å². The van der Waals surface area contributed by atoms with E-state index in [0.717, 1.165) is 15.6 Å². The molecule has 1 aliphatic heterocycles. The van der Waals surface area contributed by atoms with E-state index in [1.165, 1.54) is 5.56 Å². The highest BCUT2D eigenvalue weighted by Gasteiger charge is 2.33. The van der Waals surface area contributed by atoms with Gasteiger partial charge < -0.3 is 10.0 Å². The molecule has 1 aliphatic rings. The maximum Gasteiger partial charge on any atom is 0.306 e. The molecule has 0 aliphatic carbocycles. The number of nitrogens with zero attached hydrogens (tertiary/aromatic N) is 1. The highest BCUT2D eigenvalue weighted by Crippen LogP contribution is 2.30. The summed E-state index contributed by atoms with van der Waals surface area (Å²) < 4.78 is 1.12. The molecule has 1 amide bonds. The number of likely N-dealkylation sites (tertiary alicyclic amines) is 1. The smallest absolute Gasteiger partial charge is 0.306 e. The van der Waals surface area contributed by atoms with Crippen LogP contribution in [-0.4, -0.2) is 35.0 Å². The maximum absolute atomic E-state index is 12.8. The first-order valence-electron chi connectivity index (χ1n) is 7.47. The molecule has 5 heteroatoms. The average molecular weight is 317 g/mol. The zero-order valence-electron chi connectivity index (χ0n) is 12.7. The summed E-state index contributed by atoms with van der Waals surface area (Å²) in [5.74, 6) is -1.09. The lowest BCUT2D eigenvalue weighted by atomic mass is 9.87. The molecule has 0 radical (unpaired) electrons. The van der Waals surface area contributed by atoms with Gasteiger partial charge in [0.05, 0.1) is 11.5 Å². The summed E-state index contributed by atoms with van der Waals surface area (Å²) in [6, 6.07) is 6.11. The standard InChI is InChI=1S/C17H19NO3S/c1-10-3-4-13-14(9-22-15(13)7-10)16(19)18-6-5-12(17(20)21)11(2)8-18/h3-4,7,9,11-12H,5-6,8H2,1-2H3,(H,20,21). The summed E-state index contributed by atoms with van der Waals surface area (Å²) in [4.78, 5) is 25.7. The fourth-order valence-corrected chi connectivity index (χ4v) is 4.20. The van der Waals surface area contributed by atoms with Gasteiger partial charge in [-0.05, 0) is 30.9 Å². The molecule has 4 nitrogen and oxygen atoms in total. The van der Waals surface area contributed by atoms with E-state index >= 15 is 0 Å². The van der Waals surface area contributed by atoms with Gasteiger partial charge in [0.2, 0.25) is 0 Å². The first kappa shape index (κ1) is 15.0. The van der Waals surface area contributed by atoms with Crippen molar-refractivity contribution < 1.29 is 14.7 Å². The SMILES string of the molecule is Cc1ccc2c(C(=O)N3CCC(C(=O)O)C(C)C3)csc2c1. The van der Waals surface area contributed by atoms with Gasteiger partial charge in [-0.25, -0.2) is 0 Å². The number of benzene rings is 1. The van der Waals surface area contributed by atoms with Gasteiger partial charge in [-0.15, -0.1) is 11.3 Å². The van der Waals surface area contributed by atoms with Gasteiger partial charge >= 0.3 is 5.97 Å². The summed E-state index contributed by atoms with van der Waals surface area (Å²) in [6.45, 7) is 4.98. The molecular weight excluding hydrogens is 298 g/mol. The number of carbonyl (C=O) groups excluding carboxylic acids is 1. The van der Waals surface area contributed by atoms with Crippen molar-refractivity contribution in [2.75, 3.05) is 13.1 Å². The Bertz CT molecular complexity index is 737. The van der Waals surface area contributed by atoms with Crippen molar-refractivity contribution in [2.24, 2.45) is 11.8 Å². The van der Waals surface area contributed by atoms with Crippen LogP contribution in [0.4, 0.5) is 0 Å². The quantitative estimate of drug-likeness (QED) is 0.923. The van der Waals surface area contributed by atoms with Crippen LogP contribution in [0, 0.1) is 18.8 Å². The van der Waals surface area contributed by atoms with Crippen LogP contribution in [0.2, 0.25) is 0 Å². The Labute approximate surface area is 133 Å². The number of aliphatic carboxylic acids is 1. The van der Waals surface area contributed by atoms with Gasteiger partial charge in [0.25, 0.3) is 5.91 Å². The molecule has 1 aromatic heterocycles. The minimum Gasteiger partial charge on any atom is -0.481 e. The van der Waals surface area contributed by atoms with Gasteiger partial charge in [-0.1, -0.05) is 19.1 Å². The highest BCUT2D eigenvalue weighted by atomic mass is 32.1. The number of aryl methyl sites for hydroxylation is 1. The second kappa shape index (κ2) is 5.72. The predicted molar refractivity (Wildman–Crippen MR) is 87.4 cm³/mol. The van der Waals surface area contributed by atoms with Crippen LogP contribution < -0.4 is 0 Å². The normalized spacial score (nSPS) is 22.0. The van der Waals surface area contributed by atoms with Crippen LogP contribution >= 0.6 is 11.3 Å². The molecule has 3 rings (SSSR count). The Morgan fingerprint density at radius 3 is 2.82 bits per heavy atom. The van der Waals surface area contributed by atoms with Crippen LogP contribution in [0.15, 0.2) is 23.6 Å². The molecule has 1 fully saturated rings. The van der Waals surface area contributed by atoms with Gasteiger partial charge in [-0.3, -0.25) is 9.59 Å². The van der Waals surface area contributed by atoms with Crippen LogP contribution in [0.5, 0.6) is 0 Å². The van der Waals surface area contributed by atoms with Crippen molar-refractivity contribution in [3.63, 3.8) is 0 Å². The van der Waals surface area contributed by atoms with Crippen molar-refractivity contribution >= 4 is 33.3 Å². The Morgan fingerprint density at radius 1 is 1.36 bits per heavy atom. The van der Waals surface area contributed by atoms with Crippen LogP contribution in [0.1, 0.15) is 29.3 Å². The third-order valence-electron chi connectivity index (χ3n) is 4.47. The Morgan fingerprint density at radius 2 is 2.14 bits per heavy atom. The van der Waals surface area contributed by atoms with Crippen LogP contribution in [0.25, 0.3) is 10.1 Å². The summed E-state index contributed by atoms with van der Waals surface area (Å²) in [5, 5.41) is 12.1. The number of piperidine rings is 1. The minimum absolute atomic E-state index is 0.0117. The van der Waals surface area contributed by atoms with Crippen molar-refractivity contribution in [1.82, 2.24) is 4.90 Å². The number of thiophene rings is 1. The van der Waals surface area contributed by atoms with Crippen molar-refractivity contribution in [1.29, 1.82) is 0 Å². The number of carbonyl (C=O) groups is 2. The Hall–Kier alpha value is -1.88. The van der Waals surface area contributed by atoms with Crippen LogP contribution in [-0.2, 0) is 4.79 Å². The molecule has 1 aromatic carbocycles. The lowest BCUT2D eigenvalue weighted by Gasteiger charge is -2.34. The number of carboxylic acids is 1. The van der Waals surface area contributed by atoms with E-state index in [9.17, 15) is 14.7 Å². The zero-order chi connectivity index (χ0) is 15.9. The lowest BCUT2D eigenvalue weighted by Crippen LogP contribution is -2.44. The van der Waals surface area contributed by atoms with E-state index in [2.05, 4.69) is 6.07 Å². The maximum atomic E-state index is 12.8. The predicted octanol–water partition coefficient (Wildman–Crippen LogP) is 3.39. The molecule has 0 bridgehead atoms. The van der Waals surface area contributed by atoms with E-state index < -0.39 is 5.97 Å². The molecule has 2 heterocycles. The molecule has 2 unspecified atom stereocenters. The zero-order valence-corrected chi connectivity index (χ0v) is 13.5. The summed E-state index contributed by atoms with van der Waals surface area (Å²) in [7, 11) is 0. The van der Waals surface area contributed by atoms with E-state index in [-0.39, 0.29) is 17.7 Å². The number of fused-ring (bicyclic) bond motifs is 1. The fourth-order valence-electron chi connectivity index (χ4n) is 3.17.